The number of anilines is 1. The molecule has 2 aromatic carbocycles. The first-order valence-electron chi connectivity index (χ1n) is 10.00. The average molecular weight is 503 g/mol. The predicted molar refractivity (Wildman–Crippen MR) is 117 cm³/mol. The number of nitrogens with one attached hydrogen (secondary N) is 1. The minimum Gasteiger partial charge on any atom is -0.444 e. The van der Waals surface area contributed by atoms with Crippen LogP contribution < -0.4 is 14.2 Å². The van der Waals surface area contributed by atoms with E-state index in [2.05, 4.69) is 9.50 Å². The topological polar surface area (TPSA) is 108 Å². The number of rotatable bonds is 8. The molecule has 186 valence electrons. The summed E-state index contributed by atoms with van der Waals surface area (Å²) in [6, 6.07) is 11.8. The summed E-state index contributed by atoms with van der Waals surface area (Å²) in [5.74, 6) is -2.50. The number of carbonyl (C=O) groups is 2. The van der Waals surface area contributed by atoms with Crippen molar-refractivity contribution in [2.24, 2.45) is 5.41 Å². The van der Waals surface area contributed by atoms with Gasteiger partial charge in [-0.05, 0) is 29.5 Å². The van der Waals surface area contributed by atoms with Crippen molar-refractivity contribution in [3.8, 4) is 11.5 Å². The SMILES string of the molecule is CC(C)(C)CCC(=O)Oc1c(NC(=O)OCc2ccccc2)cccc1OS(=O)(=O)C(F)(F)F. The zero-order valence-corrected chi connectivity index (χ0v) is 19.5. The Kier molecular flexibility index (Phi) is 8.54. The quantitative estimate of drug-likeness (QED) is 0.223. The largest absolute Gasteiger partial charge is 0.534 e. The first kappa shape index (κ1) is 27.0. The van der Waals surface area contributed by atoms with Crippen LogP contribution in [-0.2, 0) is 26.3 Å². The Balaban J connectivity index is 2.29. The van der Waals surface area contributed by atoms with Crippen molar-refractivity contribution in [2.45, 2.75) is 45.7 Å². The Morgan fingerprint density at radius 1 is 0.971 bits per heavy atom. The molecule has 0 atom stereocenters. The fourth-order valence-electron chi connectivity index (χ4n) is 2.46. The third kappa shape index (κ3) is 8.25. The Hall–Kier alpha value is -3.28. The average Bonchev–Trinajstić information content (AvgIpc) is 2.72. The molecule has 34 heavy (non-hydrogen) atoms. The maximum atomic E-state index is 12.8. The van der Waals surface area contributed by atoms with Crippen molar-refractivity contribution in [2.75, 3.05) is 5.32 Å². The van der Waals surface area contributed by atoms with Gasteiger partial charge in [0.25, 0.3) is 0 Å². The maximum Gasteiger partial charge on any atom is 0.534 e. The van der Waals surface area contributed by atoms with Gasteiger partial charge in [0.05, 0.1) is 5.69 Å². The summed E-state index contributed by atoms with van der Waals surface area (Å²) in [7, 11) is -6.07. The number of benzene rings is 2. The van der Waals surface area contributed by atoms with Gasteiger partial charge in [0.15, 0.2) is 11.5 Å². The minimum absolute atomic E-state index is 0.119. The van der Waals surface area contributed by atoms with E-state index in [0.29, 0.717) is 12.0 Å². The second kappa shape index (κ2) is 10.8. The molecule has 1 N–H and O–H groups in total. The van der Waals surface area contributed by atoms with Crippen molar-refractivity contribution in [1.82, 2.24) is 0 Å². The molecule has 0 radical (unpaired) electrons. The van der Waals surface area contributed by atoms with Crippen LogP contribution in [0.1, 0.15) is 39.2 Å². The second-order valence-corrected chi connectivity index (χ2v) is 9.88. The number of hydrogen-bond donors (Lipinski definition) is 1. The highest BCUT2D eigenvalue weighted by Crippen LogP contribution is 2.39. The van der Waals surface area contributed by atoms with E-state index < -0.39 is 39.2 Å². The molecule has 0 aliphatic rings. The van der Waals surface area contributed by atoms with Crippen LogP contribution in [0.3, 0.4) is 0 Å². The zero-order valence-electron chi connectivity index (χ0n) is 18.6. The van der Waals surface area contributed by atoms with Crippen LogP contribution in [-0.4, -0.2) is 26.0 Å². The number of carbonyl (C=O) groups excluding carboxylic acids is 2. The first-order chi connectivity index (χ1) is 15.7. The fourth-order valence-corrected chi connectivity index (χ4v) is 2.92. The van der Waals surface area contributed by atoms with Crippen molar-refractivity contribution in [3.05, 3.63) is 54.1 Å². The van der Waals surface area contributed by atoms with Gasteiger partial charge < -0.3 is 13.7 Å². The lowest BCUT2D eigenvalue weighted by Crippen LogP contribution is -2.28. The Labute approximate surface area is 195 Å². The number of ether oxygens (including phenoxy) is 2. The van der Waals surface area contributed by atoms with E-state index in [1.807, 2.05) is 20.8 Å². The smallest absolute Gasteiger partial charge is 0.444 e. The lowest BCUT2D eigenvalue weighted by Gasteiger charge is -2.19. The van der Waals surface area contributed by atoms with Crippen molar-refractivity contribution in [1.29, 1.82) is 0 Å². The van der Waals surface area contributed by atoms with Crippen molar-refractivity contribution in [3.63, 3.8) is 0 Å². The van der Waals surface area contributed by atoms with Crippen LogP contribution in [0.2, 0.25) is 0 Å². The molecule has 0 saturated carbocycles. The normalized spacial score (nSPS) is 12.1. The first-order valence-corrected chi connectivity index (χ1v) is 11.4. The summed E-state index contributed by atoms with van der Waals surface area (Å²) < 4.78 is 75.9. The molecule has 0 fully saturated rings. The number of halogens is 3. The van der Waals surface area contributed by atoms with Gasteiger partial charge in [0.2, 0.25) is 0 Å². The summed E-state index contributed by atoms with van der Waals surface area (Å²) in [6.45, 7) is 5.47. The number of alkyl halides is 3. The highest BCUT2D eigenvalue weighted by molar-refractivity contribution is 7.88. The van der Waals surface area contributed by atoms with Gasteiger partial charge in [-0.15, -0.1) is 0 Å². The van der Waals surface area contributed by atoms with E-state index in [4.69, 9.17) is 9.47 Å². The third-order valence-electron chi connectivity index (χ3n) is 4.21. The second-order valence-electron chi connectivity index (χ2n) is 8.34. The summed E-state index contributed by atoms with van der Waals surface area (Å²) >= 11 is 0. The van der Waals surface area contributed by atoms with Crippen LogP contribution in [0.25, 0.3) is 0 Å². The van der Waals surface area contributed by atoms with E-state index in [1.54, 1.807) is 30.3 Å². The van der Waals surface area contributed by atoms with E-state index in [1.165, 1.54) is 6.07 Å². The highest BCUT2D eigenvalue weighted by atomic mass is 32.2. The van der Waals surface area contributed by atoms with Crippen LogP contribution in [0.5, 0.6) is 11.5 Å². The lowest BCUT2D eigenvalue weighted by molar-refractivity contribution is -0.135. The van der Waals surface area contributed by atoms with E-state index >= 15 is 0 Å². The van der Waals surface area contributed by atoms with Crippen LogP contribution in [0.15, 0.2) is 48.5 Å². The van der Waals surface area contributed by atoms with E-state index in [9.17, 15) is 31.2 Å². The molecule has 12 heteroatoms. The molecule has 0 saturated heterocycles. The molecule has 2 rings (SSSR count). The molecule has 0 spiro atoms. The molecule has 2 aromatic rings. The molecular formula is C22H24F3NO7S. The van der Waals surface area contributed by atoms with Gasteiger partial charge in [-0.3, -0.25) is 10.1 Å². The number of esters is 1. The van der Waals surface area contributed by atoms with E-state index in [0.717, 1.165) is 12.1 Å². The summed E-state index contributed by atoms with van der Waals surface area (Å²) in [4.78, 5) is 24.6. The summed E-state index contributed by atoms with van der Waals surface area (Å²) in [6.07, 6.45) is -0.772. The van der Waals surface area contributed by atoms with Gasteiger partial charge in [0, 0.05) is 6.42 Å². The van der Waals surface area contributed by atoms with Gasteiger partial charge in [-0.2, -0.15) is 21.6 Å². The van der Waals surface area contributed by atoms with Crippen molar-refractivity contribution < 1.29 is 44.8 Å². The highest BCUT2D eigenvalue weighted by Gasteiger charge is 2.49. The Morgan fingerprint density at radius 2 is 1.62 bits per heavy atom. The predicted octanol–water partition coefficient (Wildman–Crippen LogP) is 5.40. The molecular weight excluding hydrogens is 479 g/mol. The molecule has 0 unspecified atom stereocenters. The molecule has 0 heterocycles. The van der Waals surface area contributed by atoms with Gasteiger partial charge in [-0.1, -0.05) is 57.2 Å². The van der Waals surface area contributed by atoms with E-state index in [-0.39, 0.29) is 24.1 Å². The number of amides is 1. The molecule has 0 bridgehead atoms. The Bertz CT molecular complexity index is 1110. The van der Waals surface area contributed by atoms with Gasteiger partial charge >= 0.3 is 27.7 Å². The monoisotopic (exact) mass is 503 g/mol. The van der Waals surface area contributed by atoms with Gasteiger partial charge in [-0.25, -0.2) is 4.79 Å². The third-order valence-corrected chi connectivity index (χ3v) is 5.17. The van der Waals surface area contributed by atoms with Crippen LogP contribution >= 0.6 is 0 Å². The Morgan fingerprint density at radius 3 is 2.21 bits per heavy atom. The molecule has 1 amide bonds. The standard InChI is InChI=1S/C22H24F3NO7S/c1-21(2,3)13-12-18(27)32-19-16(26-20(28)31-14-15-8-5-4-6-9-15)10-7-11-17(19)33-34(29,30)22(23,24)25/h4-11H,12-14H2,1-3H3,(H,26,28). The molecule has 0 aliphatic heterocycles. The zero-order chi connectivity index (χ0) is 25.6. The molecule has 8 nitrogen and oxygen atoms in total. The molecule has 0 aromatic heterocycles. The fraction of sp³-hybridized carbons (Fsp3) is 0.364. The molecule has 0 aliphatic carbocycles. The van der Waals surface area contributed by atoms with Crippen LogP contribution in [0.4, 0.5) is 23.7 Å². The van der Waals surface area contributed by atoms with Crippen molar-refractivity contribution >= 4 is 27.9 Å². The van der Waals surface area contributed by atoms with Gasteiger partial charge in [0.1, 0.15) is 6.61 Å². The summed E-state index contributed by atoms with van der Waals surface area (Å²) in [5, 5.41) is 2.23. The minimum atomic E-state index is -6.07. The summed E-state index contributed by atoms with van der Waals surface area (Å²) in [5.41, 5.74) is -5.63. The maximum absolute atomic E-state index is 12.8. The number of para-hydroxylation sites is 1. The van der Waals surface area contributed by atoms with Crippen LogP contribution in [0, 0.1) is 5.41 Å². The lowest BCUT2D eigenvalue weighted by atomic mass is 9.91. The number of hydrogen-bond acceptors (Lipinski definition) is 7.